The van der Waals surface area contributed by atoms with E-state index in [4.69, 9.17) is 0 Å². The number of halogens is 1. The number of nitrogens with one attached hydrogen (secondary N) is 1. The lowest BCUT2D eigenvalue weighted by molar-refractivity contribution is 0.266. The molecule has 2 rings (SSSR count). The van der Waals surface area contributed by atoms with Gasteiger partial charge >= 0.3 is 0 Å². The summed E-state index contributed by atoms with van der Waals surface area (Å²) in [4.78, 5) is 2.36. The van der Waals surface area contributed by atoms with E-state index in [1.165, 1.54) is 11.3 Å². The van der Waals surface area contributed by atoms with Gasteiger partial charge in [0.2, 0.25) is 0 Å². The molecule has 1 aliphatic heterocycles. The lowest BCUT2D eigenvalue weighted by Gasteiger charge is -2.28. The summed E-state index contributed by atoms with van der Waals surface area (Å²) in [5, 5.41) is 13.1. The van der Waals surface area contributed by atoms with Crippen molar-refractivity contribution in [2.45, 2.75) is 39.3 Å². The first-order valence-corrected chi connectivity index (χ1v) is 8.27. The Morgan fingerprint density at radius 1 is 1.45 bits per heavy atom. The molecule has 20 heavy (non-hydrogen) atoms. The van der Waals surface area contributed by atoms with Gasteiger partial charge in [-0.15, -0.1) is 0 Å². The molecular weight excluding hydrogens is 316 g/mol. The van der Waals surface area contributed by atoms with Gasteiger partial charge in [0.25, 0.3) is 0 Å². The van der Waals surface area contributed by atoms with E-state index in [-0.39, 0.29) is 12.6 Å². The van der Waals surface area contributed by atoms with Gasteiger partial charge in [0, 0.05) is 23.2 Å². The number of benzene rings is 1. The highest BCUT2D eigenvalue weighted by Crippen LogP contribution is 2.31. The zero-order valence-corrected chi connectivity index (χ0v) is 14.0. The number of anilines is 1. The maximum absolute atomic E-state index is 9.54. The number of rotatable bonds is 6. The van der Waals surface area contributed by atoms with Gasteiger partial charge in [-0.3, -0.25) is 0 Å². The SMILES string of the molecule is CC(C)CNCc1ccc(Br)cc1N1CCCC1CO. The first-order chi connectivity index (χ1) is 9.61. The van der Waals surface area contributed by atoms with Crippen molar-refractivity contribution in [3.05, 3.63) is 28.2 Å². The number of nitrogens with zero attached hydrogens (tertiary/aromatic N) is 1. The lowest BCUT2D eigenvalue weighted by atomic mass is 10.1. The van der Waals surface area contributed by atoms with Crippen LogP contribution in [0.3, 0.4) is 0 Å². The topological polar surface area (TPSA) is 35.5 Å². The monoisotopic (exact) mass is 340 g/mol. The second-order valence-electron chi connectivity index (χ2n) is 5.97. The molecule has 112 valence electrons. The predicted molar refractivity (Wildman–Crippen MR) is 88.1 cm³/mol. The Bertz CT molecular complexity index is 436. The molecule has 2 N–H and O–H groups in total. The molecule has 0 radical (unpaired) electrons. The Kier molecular flexibility index (Phi) is 5.87. The fourth-order valence-corrected chi connectivity index (χ4v) is 3.14. The summed E-state index contributed by atoms with van der Waals surface area (Å²) in [6.45, 7) is 7.63. The molecule has 0 aliphatic carbocycles. The van der Waals surface area contributed by atoms with Crippen LogP contribution in [0.25, 0.3) is 0 Å². The fourth-order valence-electron chi connectivity index (χ4n) is 2.79. The van der Waals surface area contributed by atoms with Crippen molar-refractivity contribution in [1.29, 1.82) is 0 Å². The molecule has 1 aromatic rings. The third kappa shape index (κ3) is 3.96. The zero-order chi connectivity index (χ0) is 14.5. The van der Waals surface area contributed by atoms with E-state index in [9.17, 15) is 5.11 Å². The van der Waals surface area contributed by atoms with Crippen LogP contribution in [0.5, 0.6) is 0 Å². The van der Waals surface area contributed by atoms with Gasteiger partial charge in [-0.25, -0.2) is 0 Å². The Morgan fingerprint density at radius 2 is 2.25 bits per heavy atom. The van der Waals surface area contributed by atoms with Gasteiger partial charge < -0.3 is 15.3 Å². The van der Waals surface area contributed by atoms with Gasteiger partial charge in [-0.2, -0.15) is 0 Å². The average molecular weight is 341 g/mol. The highest BCUT2D eigenvalue weighted by Gasteiger charge is 2.25. The molecule has 1 heterocycles. The highest BCUT2D eigenvalue weighted by molar-refractivity contribution is 9.10. The van der Waals surface area contributed by atoms with Gasteiger partial charge in [-0.05, 0) is 43.0 Å². The molecule has 3 nitrogen and oxygen atoms in total. The predicted octanol–water partition coefficient (Wildman–Crippen LogP) is 3.16. The smallest absolute Gasteiger partial charge is 0.0635 e. The highest BCUT2D eigenvalue weighted by atomic mass is 79.9. The van der Waals surface area contributed by atoms with Crippen molar-refractivity contribution in [3.63, 3.8) is 0 Å². The van der Waals surface area contributed by atoms with Crippen molar-refractivity contribution in [2.75, 3.05) is 24.6 Å². The largest absolute Gasteiger partial charge is 0.394 e. The van der Waals surface area contributed by atoms with E-state index >= 15 is 0 Å². The minimum absolute atomic E-state index is 0.241. The Morgan fingerprint density at radius 3 is 2.95 bits per heavy atom. The summed E-state index contributed by atoms with van der Waals surface area (Å²) in [6, 6.07) is 6.73. The molecule has 1 unspecified atom stereocenters. The standard InChI is InChI=1S/C16H25BrN2O/c1-12(2)9-18-10-13-5-6-14(17)8-16(13)19-7-3-4-15(19)11-20/h5-6,8,12,15,18,20H,3-4,7,9-11H2,1-2H3. The molecule has 1 atom stereocenters. The summed E-state index contributed by atoms with van der Waals surface area (Å²) in [7, 11) is 0. The summed E-state index contributed by atoms with van der Waals surface area (Å²) in [5.41, 5.74) is 2.57. The van der Waals surface area contributed by atoms with Crippen LogP contribution in [0.2, 0.25) is 0 Å². The molecular formula is C16H25BrN2O. The second-order valence-corrected chi connectivity index (χ2v) is 6.89. The van der Waals surface area contributed by atoms with Crippen LogP contribution in [0.1, 0.15) is 32.3 Å². The molecule has 1 fully saturated rings. The van der Waals surface area contributed by atoms with E-state index in [1.807, 2.05) is 0 Å². The number of aliphatic hydroxyl groups excluding tert-OH is 1. The summed E-state index contributed by atoms with van der Waals surface area (Å²) >= 11 is 3.57. The lowest BCUT2D eigenvalue weighted by Crippen LogP contribution is -2.33. The molecule has 4 heteroatoms. The molecule has 0 spiro atoms. The molecule has 0 aromatic heterocycles. The van der Waals surface area contributed by atoms with E-state index in [0.717, 1.165) is 36.9 Å². The van der Waals surface area contributed by atoms with Gasteiger partial charge in [0.15, 0.2) is 0 Å². The first kappa shape index (κ1) is 15.8. The van der Waals surface area contributed by atoms with Crippen molar-refractivity contribution in [3.8, 4) is 0 Å². The third-order valence-electron chi connectivity index (χ3n) is 3.81. The third-order valence-corrected chi connectivity index (χ3v) is 4.31. The number of hydrogen-bond donors (Lipinski definition) is 2. The molecule has 1 saturated heterocycles. The van der Waals surface area contributed by atoms with Crippen molar-refractivity contribution in [1.82, 2.24) is 5.32 Å². The number of aliphatic hydroxyl groups is 1. The second kappa shape index (κ2) is 7.43. The fraction of sp³-hybridized carbons (Fsp3) is 0.625. The van der Waals surface area contributed by atoms with Crippen LogP contribution < -0.4 is 10.2 Å². The number of hydrogen-bond acceptors (Lipinski definition) is 3. The maximum atomic E-state index is 9.54. The van der Waals surface area contributed by atoms with E-state index in [2.05, 4.69) is 58.2 Å². The Hall–Kier alpha value is -0.580. The average Bonchev–Trinajstić information content (AvgIpc) is 2.88. The van der Waals surface area contributed by atoms with Crippen molar-refractivity contribution < 1.29 is 5.11 Å². The molecule has 0 amide bonds. The van der Waals surface area contributed by atoms with Crippen LogP contribution >= 0.6 is 15.9 Å². The van der Waals surface area contributed by atoms with E-state index in [1.54, 1.807) is 0 Å². The first-order valence-electron chi connectivity index (χ1n) is 7.48. The van der Waals surface area contributed by atoms with Crippen molar-refractivity contribution in [2.24, 2.45) is 5.92 Å². The van der Waals surface area contributed by atoms with Crippen LogP contribution in [0, 0.1) is 5.92 Å². The van der Waals surface area contributed by atoms with Gasteiger partial charge in [0.05, 0.1) is 12.6 Å². The molecule has 0 bridgehead atoms. The quantitative estimate of drug-likeness (QED) is 0.834. The minimum Gasteiger partial charge on any atom is -0.394 e. The Balaban J connectivity index is 2.15. The van der Waals surface area contributed by atoms with Gasteiger partial charge in [0.1, 0.15) is 0 Å². The van der Waals surface area contributed by atoms with Crippen LogP contribution in [-0.2, 0) is 6.54 Å². The molecule has 1 aromatic carbocycles. The zero-order valence-electron chi connectivity index (χ0n) is 12.4. The molecule has 0 saturated carbocycles. The van der Waals surface area contributed by atoms with E-state index < -0.39 is 0 Å². The minimum atomic E-state index is 0.241. The van der Waals surface area contributed by atoms with Gasteiger partial charge in [-0.1, -0.05) is 35.8 Å². The van der Waals surface area contributed by atoms with Crippen LogP contribution in [-0.4, -0.2) is 30.8 Å². The summed E-state index contributed by atoms with van der Waals surface area (Å²) < 4.78 is 1.10. The Labute approximate surface area is 130 Å². The van der Waals surface area contributed by atoms with Crippen molar-refractivity contribution >= 4 is 21.6 Å². The van der Waals surface area contributed by atoms with E-state index in [0.29, 0.717) is 5.92 Å². The summed E-state index contributed by atoms with van der Waals surface area (Å²) in [6.07, 6.45) is 2.25. The normalized spacial score (nSPS) is 19.1. The van der Waals surface area contributed by atoms with Crippen LogP contribution in [0.4, 0.5) is 5.69 Å². The summed E-state index contributed by atoms with van der Waals surface area (Å²) in [5.74, 6) is 0.658. The van der Waals surface area contributed by atoms with Crippen LogP contribution in [0.15, 0.2) is 22.7 Å². The maximum Gasteiger partial charge on any atom is 0.0635 e. The molecule has 1 aliphatic rings.